The molecule has 1 heterocycles. The number of hydrogen-bond donors (Lipinski definition) is 1. The molecule has 1 rings (SSSR count). The molecular formula is C17H30N2O4. The Bertz CT molecular complexity index is 426. The molecule has 1 N–H and O–H groups in total. The smallest absolute Gasteiger partial charge is 0.305 e. The van der Waals surface area contributed by atoms with Crippen LogP contribution in [0.1, 0.15) is 47.0 Å². The second-order valence-electron chi connectivity index (χ2n) is 7.08. The fourth-order valence-corrected chi connectivity index (χ4v) is 2.93. The van der Waals surface area contributed by atoms with Crippen molar-refractivity contribution in [2.45, 2.75) is 47.0 Å². The van der Waals surface area contributed by atoms with Gasteiger partial charge < -0.3 is 14.9 Å². The Hall–Kier alpha value is -1.59. The van der Waals surface area contributed by atoms with Gasteiger partial charge in [0.1, 0.15) is 0 Å². The van der Waals surface area contributed by atoms with Crippen LogP contribution in [-0.4, -0.2) is 58.9 Å². The van der Waals surface area contributed by atoms with E-state index in [1.54, 1.807) is 4.90 Å². The summed E-state index contributed by atoms with van der Waals surface area (Å²) in [5.74, 6) is -0.523. The topological polar surface area (TPSA) is 77.9 Å². The van der Waals surface area contributed by atoms with Gasteiger partial charge in [-0.2, -0.15) is 0 Å². The minimum Gasteiger partial charge on any atom is -0.481 e. The average molecular weight is 326 g/mol. The van der Waals surface area contributed by atoms with Crippen molar-refractivity contribution in [2.75, 3.05) is 26.2 Å². The summed E-state index contributed by atoms with van der Waals surface area (Å²) in [6.45, 7) is 9.88. The van der Waals surface area contributed by atoms with Crippen LogP contribution in [0, 0.1) is 17.8 Å². The second kappa shape index (κ2) is 8.89. The predicted octanol–water partition coefficient (Wildman–Crippen LogP) is 1.84. The minimum atomic E-state index is -0.885. The van der Waals surface area contributed by atoms with E-state index in [1.807, 2.05) is 32.6 Å². The maximum atomic E-state index is 12.7. The number of piperidine rings is 1. The van der Waals surface area contributed by atoms with Crippen LogP contribution in [-0.2, 0) is 14.4 Å². The van der Waals surface area contributed by atoms with Crippen molar-refractivity contribution in [3.63, 3.8) is 0 Å². The van der Waals surface area contributed by atoms with E-state index in [1.165, 1.54) is 0 Å². The highest BCUT2D eigenvalue weighted by Crippen LogP contribution is 2.21. The number of nitrogens with zero attached hydrogens (tertiary/aromatic N) is 2. The van der Waals surface area contributed by atoms with Crippen LogP contribution in [0.25, 0.3) is 0 Å². The zero-order chi connectivity index (χ0) is 17.6. The van der Waals surface area contributed by atoms with Crippen LogP contribution >= 0.6 is 0 Å². The van der Waals surface area contributed by atoms with Crippen LogP contribution in [0.15, 0.2) is 0 Å². The van der Waals surface area contributed by atoms with Crippen LogP contribution < -0.4 is 0 Å². The van der Waals surface area contributed by atoms with Gasteiger partial charge >= 0.3 is 5.97 Å². The summed E-state index contributed by atoms with van der Waals surface area (Å²) in [5.41, 5.74) is 0. The molecule has 0 spiro atoms. The first-order valence-corrected chi connectivity index (χ1v) is 8.51. The monoisotopic (exact) mass is 326 g/mol. The number of carbonyl (C=O) groups is 3. The lowest BCUT2D eigenvalue weighted by atomic mass is 9.94. The Morgan fingerprint density at radius 3 is 2.13 bits per heavy atom. The lowest BCUT2D eigenvalue weighted by Gasteiger charge is -2.35. The molecule has 0 saturated carbocycles. The van der Waals surface area contributed by atoms with E-state index in [-0.39, 0.29) is 36.6 Å². The van der Waals surface area contributed by atoms with E-state index in [4.69, 9.17) is 5.11 Å². The number of carbonyl (C=O) groups excluding carboxylic acids is 2. The molecule has 132 valence electrons. The number of amides is 2. The molecule has 6 heteroatoms. The largest absolute Gasteiger partial charge is 0.481 e. The summed E-state index contributed by atoms with van der Waals surface area (Å²) in [7, 11) is 0. The minimum absolute atomic E-state index is 0.0183. The molecule has 0 atom stereocenters. The Balaban J connectivity index is 2.60. The number of carboxylic acids is 1. The first-order valence-electron chi connectivity index (χ1n) is 8.51. The van der Waals surface area contributed by atoms with E-state index >= 15 is 0 Å². The number of hydrogen-bond acceptors (Lipinski definition) is 3. The van der Waals surface area contributed by atoms with E-state index < -0.39 is 5.97 Å². The van der Waals surface area contributed by atoms with Crippen molar-refractivity contribution >= 4 is 17.8 Å². The van der Waals surface area contributed by atoms with Crippen LogP contribution in [0.4, 0.5) is 0 Å². The summed E-state index contributed by atoms with van der Waals surface area (Å²) in [6, 6.07) is 0. The van der Waals surface area contributed by atoms with Crippen molar-refractivity contribution in [3.8, 4) is 0 Å². The van der Waals surface area contributed by atoms with Gasteiger partial charge in [-0.1, -0.05) is 27.7 Å². The van der Waals surface area contributed by atoms with Gasteiger partial charge in [0.25, 0.3) is 0 Å². The summed E-state index contributed by atoms with van der Waals surface area (Å²) < 4.78 is 0. The molecule has 0 aromatic carbocycles. The van der Waals surface area contributed by atoms with Crippen molar-refractivity contribution in [3.05, 3.63) is 0 Å². The molecule has 1 saturated heterocycles. The SMILES string of the molecule is CC(C)CN(CCC(=O)O)C(=O)C1CCN(C(=O)C(C)C)CC1. The molecular weight excluding hydrogens is 296 g/mol. The Morgan fingerprint density at radius 1 is 1.13 bits per heavy atom. The fourth-order valence-electron chi connectivity index (χ4n) is 2.93. The van der Waals surface area contributed by atoms with Crippen molar-refractivity contribution < 1.29 is 19.5 Å². The van der Waals surface area contributed by atoms with Gasteiger partial charge in [0.05, 0.1) is 6.42 Å². The Kier molecular flexibility index (Phi) is 7.52. The molecule has 0 radical (unpaired) electrons. The zero-order valence-corrected chi connectivity index (χ0v) is 14.7. The van der Waals surface area contributed by atoms with Gasteiger partial charge in [0, 0.05) is 38.0 Å². The Morgan fingerprint density at radius 2 is 1.70 bits per heavy atom. The van der Waals surface area contributed by atoms with Gasteiger partial charge in [-0.05, 0) is 18.8 Å². The number of carboxylic acid groups (broad SMARTS) is 1. The maximum Gasteiger partial charge on any atom is 0.305 e. The first-order chi connectivity index (χ1) is 10.7. The van der Waals surface area contributed by atoms with Gasteiger partial charge in [-0.15, -0.1) is 0 Å². The highest BCUT2D eigenvalue weighted by atomic mass is 16.4. The number of likely N-dealkylation sites (tertiary alicyclic amines) is 1. The molecule has 1 aliphatic rings. The second-order valence-corrected chi connectivity index (χ2v) is 7.08. The molecule has 0 aromatic heterocycles. The van der Waals surface area contributed by atoms with Crippen molar-refractivity contribution in [1.29, 1.82) is 0 Å². The molecule has 1 fully saturated rings. The molecule has 2 amide bonds. The molecule has 0 aliphatic carbocycles. The maximum absolute atomic E-state index is 12.7. The average Bonchev–Trinajstić information content (AvgIpc) is 2.49. The lowest BCUT2D eigenvalue weighted by molar-refractivity contribution is -0.144. The summed E-state index contributed by atoms with van der Waals surface area (Å²) in [5, 5.41) is 8.85. The predicted molar refractivity (Wildman–Crippen MR) is 87.8 cm³/mol. The van der Waals surface area contributed by atoms with E-state index in [2.05, 4.69) is 0 Å². The normalized spacial score (nSPS) is 16.0. The third kappa shape index (κ3) is 6.20. The highest BCUT2D eigenvalue weighted by molar-refractivity contribution is 5.81. The first kappa shape index (κ1) is 19.5. The fraction of sp³-hybridized carbons (Fsp3) is 0.824. The van der Waals surface area contributed by atoms with Gasteiger partial charge in [0.2, 0.25) is 11.8 Å². The Labute approximate surface area is 138 Å². The molecule has 1 aliphatic heterocycles. The van der Waals surface area contributed by atoms with Crippen LogP contribution in [0.2, 0.25) is 0 Å². The van der Waals surface area contributed by atoms with Crippen LogP contribution in [0.3, 0.4) is 0 Å². The summed E-state index contributed by atoms with van der Waals surface area (Å²) >= 11 is 0. The van der Waals surface area contributed by atoms with Gasteiger partial charge in [0.15, 0.2) is 0 Å². The molecule has 0 unspecified atom stereocenters. The number of rotatable bonds is 7. The van der Waals surface area contributed by atoms with E-state index in [9.17, 15) is 14.4 Å². The van der Waals surface area contributed by atoms with Crippen LogP contribution in [0.5, 0.6) is 0 Å². The van der Waals surface area contributed by atoms with Gasteiger partial charge in [-0.3, -0.25) is 14.4 Å². The molecule has 6 nitrogen and oxygen atoms in total. The van der Waals surface area contributed by atoms with E-state index in [0.717, 1.165) is 0 Å². The molecule has 0 aromatic rings. The third-order valence-corrected chi connectivity index (χ3v) is 4.14. The van der Waals surface area contributed by atoms with Gasteiger partial charge in [-0.25, -0.2) is 0 Å². The summed E-state index contributed by atoms with van der Waals surface area (Å²) in [6.07, 6.45) is 1.31. The number of aliphatic carboxylic acids is 1. The van der Waals surface area contributed by atoms with Crippen molar-refractivity contribution in [1.82, 2.24) is 9.80 Å². The van der Waals surface area contributed by atoms with E-state index in [0.29, 0.717) is 38.4 Å². The zero-order valence-electron chi connectivity index (χ0n) is 14.7. The third-order valence-electron chi connectivity index (χ3n) is 4.14. The lowest BCUT2D eigenvalue weighted by Crippen LogP contribution is -2.46. The summed E-state index contributed by atoms with van der Waals surface area (Å²) in [4.78, 5) is 39.0. The quantitative estimate of drug-likeness (QED) is 0.774. The highest BCUT2D eigenvalue weighted by Gasteiger charge is 2.31. The molecule has 0 bridgehead atoms. The van der Waals surface area contributed by atoms with Crippen molar-refractivity contribution in [2.24, 2.45) is 17.8 Å². The standard InChI is InChI=1S/C17H30N2O4/c1-12(2)11-19(10-7-15(20)21)17(23)14-5-8-18(9-6-14)16(22)13(3)4/h12-14H,5-11H2,1-4H3,(H,20,21). The molecule has 23 heavy (non-hydrogen) atoms.